The second kappa shape index (κ2) is 7.16. The number of rotatable bonds is 7. The van der Waals surface area contributed by atoms with Crippen molar-refractivity contribution in [1.82, 2.24) is 4.90 Å². The summed E-state index contributed by atoms with van der Waals surface area (Å²) in [6.45, 7) is 4.42. The molecule has 1 fully saturated rings. The number of carbonyl (C=O) groups excluding carboxylic acids is 1. The highest BCUT2D eigenvalue weighted by atomic mass is 35.5. The van der Waals surface area contributed by atoms with Crippen LogP contribution in [-0.2, 0) is 11.2 Å². The zero-order valence-electron chi connectivity index (χ0n) is 14.0. The molecule has 3 nitrogen and oxygen atoms in total. The van der Waals surface area contributed by atoms with Crippen LogP contribution in [0.2, 0.25) is 5.02 Å². The maximum atomic E-state index is 13.1. The summed E-state index contributed by atoms with van der Waals surface area (Å²) in [4.78, 5) is 16.4. The maximum absolute atomic E-state index is 13.1. The van der Waals surface area contributed by atoms with E-state index in [9.17, 15) is 4.79 Å². The Bertz CT molecular complexity index is 678. The quantitative estimate of drug-likeness (QED) is 0.707. The first-order valence-corrected chi connectivity index (χ1v) is 9.49. The minimum Gasteiger partial charge on any atom is -0.478 e. The standard InChI is InChI=1S/C19H22ClNO2S/c1-19(2,23-16-9-5-14(20)6-10-16)18(22)21(15-7-8-15)12-11-17-4-3-13-24-17/h3-6,9-10,13,15H,7-8,11-12H2,1-2H3. The second-order valence-corrected chi connectivity index (χ2v) is 8.09. The van der Waals surface area contributed by atoms with E-state index in [1.807, 2.05) is 18.7 Å². The van der Waals surface area contributed by atoms with Crippen LogP contribution in [0.1, 0.15) is 31.6 Å². The number of halogens is 1. The fourth-order valence-corrected chi connectivity index (χ4v) is 3.53. The van der Waals surface area contributed by atoms with Gasteiger partial charge in [0.1, 0.15) is 5.75 Å². The SMILES string of the molecule is CC(C)(Oc1ccc(Cl)cc1)C(=O)N(CCc1cccs1)C1CC1. The molecule has 1 aromatic carbocycles. The number of ether oxygens (including phenoxy) is 1. The van der Waals surface area contributed by atoms with Crippen LogP contribution in [0.4, 0.5) is 0 Å². The zero-order chi connectivity index (χ0) is 17.2. The molecule has 0 aliphatic heterocycles. The lowest BCUT2D eigenvalue weighted by atomic mass is 10.1. The van der Waals surface area contributed by atoms with Gasteiger partial charge in [-0.05, 0) is 68.8 Å². The number of hydrogen-bond acceptors (Lipinski definition) is 3. The van der Waals surface area contributed by atoms with Crippen LogP contribution in [0.25, 0.3) is 0 Å². The summed E-state index contributed by atoms with van der Waals surface area (Å²) >= 11 is 7.64. The van der Waals surface area contributed by atoms with Crippen LogP contribution in [0.5, 0.6) is 5.75 Å². The average Bonchev–Trinajstić information content (AvgIpc) is 3.25. The molecule has 24 heavy (non-hydrogen) atoms. The van der Waals surface area contributed by atoms with Crippen molar-refractivity contribution in [3.63, 3.8) is 0 Å². The molecule has 1 aliphatic rings. The molecule has 0 unspecified atom stereocenters. The van der Waals surface area contributed by atoms with Gasteiger partial charge in [-0.3, -0.25) is 4.79 Å². The first-order valence-electron chi connectivity index (χ1n) is 8.24. The van der Waals surface area contributed by atoms with Crippen LogP contribution in [0, 0.1) is 0 Å². The molecule has 1 saturated carbocycles. The van der Waals surface area contributed by atoms with Crippen molar-refractivity contribution < 1.29 is 9.53 Å². The summed E-state index contributed by atoms with van der Waals surface area (Å²) < 4.78 is 5.97. The van der Waals surface area contributed by atoms with Crippen molar-refractivity contribution in [3.05, 3.63) is 51.7 Å². The molecule has 0 N–H and O–H groups in total. The average molecular weight is 364 g/mol. The molecule has 1 heterocycles. The predicted octanol–water partition coefficient (Wildman–Crippen LogP) is 4.79. The first kappa shape index (κ1) is 17.3. The molecule has 3 rings (SSSR count). The van der Waals surface area contributed by atoms with Gasteiger partial charge in [-0.1, -0.05) is 17.7 Å². The Morgan fingerprint density at radius 3 is 2.58 bits per heavy atom. The Hall–Kier alpha value is -1.52. The Labute approximate surface area is 152 Å². The third kappa shape index (κ3) is 4.31. The molecule has 1 amide bonds. The summed E-state index contributed by atoms with van der Waals surface area (Å²) in [6, 6.07) is 11.7. The summed E-state index contributed by atoms with van der Waals surface area (Å²) in [5.74, 6) is 0.711. The van der Waals surface area contributed by atoms with Crippen LogP contribution in [0.3, 0.4) is 0 Å². The highest BCUT2D eigenvalue weighted by molar-refractivity contribution is 7.09. The fourth-order valence-electron chi connectivity index (χ4n) is 2.71. The van der Waals surface area contributed by atoms with Crippen molar-refractivity contribution in [2.45, 2.75) is 44.8 Å². The Balaban J connectivity index is 1.67. The van der Waals surface area contributed by atoms with Crippen molar-refractivity contribution in [1.29, 1.82) is 0 Å². The van der Waals surface area contributed by atoms with Gasteiger partial charge in [-0.25, -0.2) is 0 Å². The third-order valence-electron chi connectivity index (χ3n) is 4.13. The van der Waals surface area contributed by atoms with Gasteiger partial charge in [-0.2, -0.15) is 0 Å². The molecule has 0 spiro atoms. The molecular weight excluding hydrogens is 342 g/mol. The summed E-state index contributed by atoms with van der Waals surface area (Å²) in [5, 5.41) is 2.73. The lowest BCUT2D eigenvalue weighted by Gasteiger charge is -2.32. The fraction of sp³-hybridized carbons (Fsp3) is 0.421. The second-order valence-electron chi connectivity index (χ2n) is 6.63. The molecule has 1 aromatic heterocycles. The predicted molar refractivity (Wildman–Crippen MR) is 98.9 cm³/mol. The van der Waals surface area contributed by atoms with Crippen molar-refractivity contribution in [2.24, 2.45) is 0 Å². The molecule has 0 radical (unpaired) electrons. The van der Waals surface area contributed by atoms with E-state index < -0.39 is 5.60 Å². The Morgan fingerprint density at radius 1 is 1.29 bits per heavy atom. The Morgan fingerprint density at radius 2 is 2.00 bits per heavy atom. The van der Waals surface area contributed by atoms with Gasteiger partial charge < -0.3 is 9.64 Å². The van der Waals surface area contributed by atoms with Crippen molar-refractivity contribution in [2.75, 3.05) is 6.54 Å². The first-order chi connectivity index (χ1) is 11.5. The van der Waals surface area contributed by atoms with E-state index in [4.69, 9.17) is 16.3 Å². The number of benzene rings is 1. The zero-order valence-corrected chi connectivity index (χ0v) is 15.6. The van der Waals surface area contributed by atoms with Crippen LogP contribution in [-0.4, -0.2) is 29.0 Å². The molecule has 0 bridgehead atoms. The molecule has 1 aliphatic carbocycles. The van der Waals surface area contributed by atoms with Gasteiger partial charge in [0.15, 0.2) is 5.60 Å². The van der Waals surface area contributed by atoms with E-state index in [0.717, 1.165) is 25.8 Å². The van der Waals surface area contributed by atoms with Crippen LogP contribution in [0.15, 0.2) is 41.8 Å². The van der Waals surface area contributed by atoms with Gasteiger partial charge in [0.05, 0.1) is 0 Å². The van der Waals surface area contributed by atoms with E-state index in [1.54, 1.807) is 35.6 Å². The smallest absolute Gasteiger partial charge is 0.266 e. The van der Waals surface area contributed by atoms with E-state index in [0.29, 0.717) is 16.8 Å². The lowest BCUT2D eigenvalue weighted by molar-refractivity contribution is -0.146. The van der Waals surface area contributed by atoms with Crippen LogP contribution >= 0.6 is 22.9 Å². The van der Waals surface area contributed by atoms with Gasteiger partial charge >= 0.3 is 0 Å². The van der Waals surface area contributed by atoms with Gasteiger partial charge in [0, 0.05) is 22.5 Å². The number of hydrogen-bond donors (Lipinski definition) is 0. The summed E-state index contributed by atoms with van der Waals surface area (Å²) in [5.41, 5.74) is -0.897. The minimum atomic E-state index is -0.897. The minimum absolute atomic E-state index is 0.0523. The highest BCUT2D eigenvalue weighted by Crippen LogP contribution is 2.31. The van der Waals surface area contributed by atoms with Crippen molar-refractivity contribution >= 4 is 28.8 Å². The summed E-state index contributed by atoms with van der Waals surface area (Å²) in [6.07, 6.45) is 3.08. The van der Waals surface area contributed by atoms with E-state index in [-0.39, 0.29) is 5.91 Å². The van der Waals surface area contributed by atoms with E-state index in [1.165, 1.54) is 4.88 Å². The molecular formula is C19H22ClNO2S. The van der Waals surface area contributed by atoms with Crippen LogP contribution < -0.4 is 4.74 Å². The molecule has 128 valence electrons. The number of thiophene rings is 1. The highest BCUT2D eigenvalue weighted by Gasteiger charge is 2.40. The lowest BCUT2D eigenvalue weighted by Crippen LogP contribution is -2.50. The molecule has 2 aromatic rings. The molecule has 0 atom stereocenters. The van der Waals surface area contributed by atoms with E-state index in [2.05, 4.69) is 17.5 Å². The number of nitrogens with zero attached hydrogens (tertiary/aromatic N) is 1. The van der Waals surface area contributed by atoms with Gasteiger partial charge in [-0.15, -0.1) is 11.3 Å². The number of carbonyl (C=O) groups is 1. The normalized spacial score (nSPS) is 14.5. The van der Waals surface area contributed by atoms with E-state index >= 15 is 0 Å². The monoisotopic (exact) mass is 363 g/mol. The van der Waals surface area contributed by atoms with Crippen molar-refractivity contribution in [3.8, 4) is 5.75 Å². The van der Waals surface area contributed by atoms with Gasteiger partial charge in [0.2, 0.25) is 0 Å². The molecule has 5 heteroatoms. The topological polar surface area (TPSA) is 29.5 Å². The summed E-state index contributed by atoms with van der Waals surface area (Å²) in [7, 11) is 0. The Kier molecular flexibility index (Phi) is 5.16. The largest absolute Gasteiger partial charge is 0.478 e. The third-order valence-corrected chi connectivity index (χ3v) is 5.32. The van der Waals surface area contributed by atoms with Gasteiger partial charge in [0.25, 0.3) is 5.91 Å². The molecule has 0 saturated heterocycles. The maximum Gasteiger partial charge on any atom is 0.266 e. The number of amides is 1.